The van der Waals surface area contributed by atoms with Gasteiger partial charge in [0.15, 0.2) is 0 Å². The Hall–Kier alpha value is -1.06. The van der Waals surface area contributed by atoms with Gasteiger partial charge in [-0.3, -0.25) is 0 Å². The van der Waals surface area contributed by atoms with E-state index < -0.39 is 0 Å². The molecule has 1 heterocycles. The Balaban J connectivity index is 2.25. The molecule has 0 unspecified atom stereocenters. The predicted octanol–water partition coefficient (Wildman–Crippen LogP) is 3.76. The van der Waals surface area contributed by atoms with Crippen molar-refractivity contribution >= 4 is 23.2 Å². The summed E-state index contributed by atoms with van der Waals surface area (Å²) in [6, 6.07) is 5.97. The summed E-state index contributed by atoms with van der Waals surface area (Å²) in [5, 5.41) is 9.19. The normalized spacial score (nSPS) is 11.1. The van der Waals surface area contributed by atoms with E-state index in [2.05, 4.69) is 24.0 Å². The van der Waals surface area contributed by atoms with Crippen LogP contribution in [0.3, 0.4) is 0 Å². The van der Waals surface area contributed by atoms with Crippen LogP contribution in [0.25, 0.3) is 0 Å². The van der Waals surface area contributed by atoms with Gasteiger partial charge >= 0.3 is 0 Å². The molecule has 3 nitrogen and oxygen atoms in total. The van der Waals surface area contributed by atoms with Crippen molar-refractivity contribution in [2.45, 2.75) is 26.3 Å². The molecular formula is C12H13Cl2N3. The van der Waals surface area contributed by atoms with Crippen molar-refractivity contribution in [3.63, 3.8) is 0 Å². The average Bonchev–Trinajstić information content (AvgIpc) is 2.72. The lowest BCUT2D eigenvalue weighted by Crippen LogP contribution is -2.05. The third-order valence-electron chi connectivity index (χ3n) is 2.55. The van der Waals surface area contributed by atoms with Crippen LogP contribution in [0, 0.1) is 0 Å². The van der Waals surface area contributed by atoms with E-state index in [1.54, 1.807) is 12.4 Å². The second-order valence-corrected chi connectivity index (χ2v) is 4.99. The van der Waals surface area contributed by atoms with E-state index in [4.69, 9.17) is 23.2 Å². The highest BCUT2D eigenvalue weighted by atomic mass is 35.5. The summed E-state index contributed by atoms with van der Waals surface area (Å²) in [5.74, 6) is 0.929. The summed E-state index contributed by atoms with van der Waals surface area (Å²) in [5.41, 5.74) is 1.08. The molecule has 5 heteroatoms. The number of hydrogen-bond acceptors (Lipinski definition) is 2. The summed E-state index contributed by atoms with van der Waals surface area (Å²) in [7, 11) is 0. The first-order valence-corrected chi connectivity index (χ1v) is 6.16. The van der Waals surface area contributed by atoms with Gasteiger partial charge in [-0.1, -0.05) is 29.3 Å². The summed E-state index contributed by atoms with van der Waals surface area (Å²) < 4.78 is 2.04. The molecule has 17 heavy (non-hydrogen) atoms. The van der Waals surface area contributed by atoms with E-state index in [1.165, 1.54) is 0 Å². The highest BCUT2D eigenvalue weighted by Gasteiger charge is 2.09. The zero-order chi connectivity index (χ0) is 12.4. The van der Waals surface area contributed by atoms with Gasteiger partial charge in [-0.2, -0.15) is 0 Å². The molecule has 0 fully saturated rings. The molecule has 0 aliphatic heterocycles. The second-order valence-electron chi connectivity index (χ2n) is 4.17. The lowest BCUT2D eigenvalue weighted by molar-refractivity contribution is 0.574. The molecule has 0 saturated carbocycles. The third kappa shape index (κ3) is 2.79. The van der Waals surface area contributed by atoms with Gasteiger partial charge in [0.25, 0.3) is 0 Å². The van der Waals surface area contributed by atoms with Crippen LogP contribution in [-0.4, -0.2) is 14.8 Å². The van der Waals surface area contributed by atoms with Crippen molar-refractivity contribution in [3.8, 4) is 0 Å². The molecular weight excluding hydrogens is 257 g/mol. The minimum atomic E-state index is 0.350. The number of hydrogen-bond donors (Lipinski definition) is 0. The number of rotatable bonds is 3. The monoisotopic (exact) mass is 269 g/mol. The molecule has 0 aliphatic carbocycles. The van der Waals surface area contributed by atoms with E-state index >= 15 is 0 Å². The van der Waals surface area contributed by atoms with Crippen molar-refractivity contribution < 1.29 is 0 Å². The molecule has 0 atom stereocenters. The molecule has 0 spiro atoms. The van der Waals surface area contributed by atoms with Crippen molar-refractivity contribution in [2.75, 3.05) is 0 Å². The molecule has 0 bridgehead atoms. The van der Waals surface area contributed by atoms with Crippen LogP contribution in [0.2, 0.25) is 10.0 Å². The van der Waals surface area contributed by atoms with E-state index in [9.17, 15) is 0 Å². The van der Waals surface area contributed by atoms with Crippen LogP contribution in [0.4, 0.5) is 0 Å². The Morgan fingerprint density at radius 2 is 2.00 bits per heavy atom. The second kappa shape index (κ2) is 5.07. The highest BCUT2D eigenvalue weighted by Crippen LogP contribution is 2.23. The Morgan fingerprint density at radius 3 is 2.65 bits per heavy atom. The zero-order valence-corrected chi connectivity index (χ0v) is 11.2. The van der Waals surface area contributed by atoms with Crippen molar-refractivity contribution in [1.82, 2.24) is 14.8 Å². The Kier molecular flexibility index (Phi) is 3.69. The van der Waals surface area contributed by atoms with Crippen LogP contribution < -0.4 is 0 Å². The average molecular weight is 270 g/mol. The standard InChI is InChI=1S/C12H13Cl2N3/c1-8(2)17-7-15-16-12(17)6-9-3-4-10(13)11(14)5-9/h3-5,7-8H,6H2,1-2H3. The van der Waals surface area contributed by atoms with E-state index in [0.717, 1.165) is 11.4 Å². The number of halogens is 2. The summed E-state index contributed by atoms with van der Waals surface area (Å²) >= 11 is 11.9. The third-order valence-corrected chi connectivity index (χ3v) is 3.29. The molecule has 90 valence electrons. The maximum atomic E-state index is 5.98. The topological polar surface area (TPSA) is 30.7 Å². The molecule has 0 radical (unpaired) electrons. The summed E-state index contributed by atoms with van der Waals surface area (Å²) in [6.07, 6.45) is 2.45. The van der Waals surface area contributed by atoms with E-state index in [1.807, 2.05) is 16.7 Å². The van der Waals surface area contributed by atoms with Gasteiger partial charge in [0.1, 0.15) is 12.2 Å². The van der Waals surface area contributed by atoms with Gasteiger partial charge in [0.2, 0.25) is 0 Å². The van der Waals surface area contributed by atoms with Gasteiger partial charge in [-0.05, 0) is 31.5 Å². The van der Waals surface area contributed by atoms with E-state index in [-0.39, 0.29) is 0 Å². The van der Waals surface area contributed by atoms with Gasteiger partial charge in [-0.15, -0.1) is 10.2 Å². The van der Waals surface area contributed by atoms with Gasteiger partial charge in [0, 0.05) is 12.5 Å². The number of nitrogens with zero attached hydrogens (tertiary/aromatic N) is 3. The predicted molar refractivity (Wildman–Crippen MR) is 69.7 cm³/mol. The van der Waals surface area contributed by atoms with Crippen LogP contribution >= 0.6 is 23.2 Å². The van der Waals surface area contributed by atoms with Crippen molar-refractivity contribution in [1.29, 1.82) is 0 Å². The van der Waals surface area contributed by atoms with Crippen molar-refractivity contribution in [2.24, 2.45) is 0 Å². The van der Waals surface area contributed by atoms with Crippen LogP contribution in [-0.2, 0) is 6.42 Å². The molecule has 0 aliphatic rings. The Labute approximate surface area is 110 Å². The SMILES string of the molecule is CC(C)n1cnnc1Cc1ccc(Cl)c(Cl)c1. The van der Waals surface area contributed by atoms with Crippen LogP contribution in [0.5, 0.6) is 0 Å². The zero-order valence-electron chi connectivity index (χ0n) is 9.69. The maximum Gasteiger partial charge on any atom is 0.137 e. The molecule has 0 N–H and O–H groups in total. The molecule has 2 rings (SSSR count). The first kappa shape index (κ1) is 12.4. The fourth-order valence-electron chi connectivity index (χ4n) is 1.66. The van der Waals surface area contributed by atoms with Gasteiger partial charge in [0.05, 0.1) is 10.0 Å². The fraction of sp³-hybridized carbons (Fsp3) is 0.333. The maximum absolute atomic E-state index is 5.98. The summed E-state index contributed by atoms with van der Waals surface area (Å²) in [4.78, 5) is 0. The molecule has 1 aromatic carbocycles. The Morgan fingerprint density at radius 1 is 1.24 bits per heavy atom. The molecule has 2 aromatic rings. The quantitative estimate of drug-likeness (QED) is 0.850. The molecule has 0 saturated heterocycles. The lowest BCUT2D eigenvalue weighted by atomic mass is 10.1. The van der Waals surface area contributed by atoms with Crippen LogP contribution in [0.1, 0.15) is 31.3 Å². The first-order chi connectivity index (χ1) is 8.08. The molecule has 0 amide bonds. The molecule has 1 aromatic heterocycles. The van der Waals surface area contributed by atoms with E-state index in [0.29, 0.717) is 22.5 Å². The minimum Gasteiger partial charge on any atom is -0.315 e. The highest BCUT2D eigenvalue weighted by molar-refractivity contribution is 6.42. The minimum absolute atomic E-state index is 0.350. The first-order valence-electron chi connectivity index (χ1n) is 5.40. The lowest BCUT2D eigenvalue weighted by Gasteiger charge is -2.10. The van der Waals surface area contributed by atoms with Crippen molar-refractivity contribution in [3.05, 3.63) is 46.0 Å². The van der Waals surface area contributed by atoms with Gasteiger partial charge in [-0.25, -0.2) is 0 Å². The van der Waals surface area contributed by atoms with Gasteiger partial charge < -0.3 is 4.57 Å². The van der Waals surface area contributed by atoms with Crippen LogP contribution in [0.15, 0.2) is 24.5 Å². The summed E-state index contributed by atoms with van der Waals surface area (Å²) in [6.45, 7) is 4.20. The smallest absolute Gasteiger partial charge is 0.137 e. The largest absolute Gasteiger partial charge is 0.315 e. The Bertz CT molecular complexity index is 520. The fourth-order valence-corrected chi connectivity index (χ4v) is 1.98. The number of aromatic nitrogens is 3. The number of benzene rings is 1.